The van der Waals surface area contributed by atoms with E-state index in [1.165, 1.54) is 16.4 Å². The summed E-state index contributed by atoms with van der Waals surface area (Å²) in [5, 5.41) is 0.919. The highest BCUT2D eigenvalue weighted by Crippen LogP contribution is 2.34. The Kier molecular flexibility index (Phi) is 6.90. The lowest BCUT2D eigenvalue weighted by Gasteiger charge is -2.35. The Hall–Kier alpha value is -2.73. The van der Waals surface area contributed by atoms with Crippen LogP contribution in [-0.4, -0.2) is 87.1 Å². The average molecular weight is 531 g/mol. The van der Waals surface area contributed by atoms with Crippen molar-refractivity contribution in [1.82, 2.24) is 14.2 Å². The third kappa shape index (κ3) is 4.80. The van der Waals surface area contributed by atoms with Gasteiger partial charge in [0, 0.05) is 44.8 Å². The number of benzene rings is 2. The highest BCUT2D eigenvalue weighted by atomic mass is 32.2. The normalized spacial score (nSPS) is 21.6. The number of carbonyl (C=O) groups excluding carboxylic acids is 1. The summed E-state index contributed by atoms with van der Waals surface area (Å²) in [6.07, 6.45) is -0.319. The number of morpholine rings is 1. The van der Waals surface area contributed by atoms with Crippen molar-refractivity contribution in [2.24, 2.45) is 0 Å². The molecule has 1 amide bonds. The minimum atomic E-state index is -3.64. The lowest BCUT2D eigenvalue weighted by Crippen LogP contribution is -2.48. The van der Waals surface area contributed by atoms with Crippen LogP contribution in [0.25, 0.3) is 10.2 Å². The van der Waals surface area contributed by atoms with Crippen molar-refractivity contribution in [2.75, 3.05) is 51.3 Å². The van der Waals surface area contributed by atoms with Gasteiger partial charge in [0.2, 0.25) is 10.0 Å². The van der Waals surface area contributed by atoms with Gasteiger partial charge in [-0.2, -0.15) is 4.31 Å². The van der Waals surface area contributed by atoms with Crippen molar-refractivity contribution in [1.29, 1.82) is 0 Å². The fraction of sp³-hybridized carbons (Fsp3) is 0.440. The number of nitrogens with zero attached hydrogens (tertiary/aromatic N) is 4. The van der Waals surface area contributed by atoms with Crippen LogP contribution in [0.2, 0.25) is 0 Å². The summed E-state index contributed by atoms with van der Waals surface area (Å²) in [6, 6.07) is 12.2. The zero-order valence-electron chi connectivity index (χ0n) is 20.6. The molecule has 2 unspecified atom stereocenters. The van der Waals surface area contributed by atoms with Crippen LogP contribution in [0.4, 0.5) is 5.13 Å². The second-order valence-corrected chi connectivity index (χ2v) is 12.1. The summed E-state index contributed by atoms with van der Waals surface area (Å²) in [5.74, 6) is 0.658. The molecule has 9 nitrogen and oxygen atoms in total. The SMILES string of the molecule is COc1cccc2sc(N3CCN(C(=O)c4ccc(S(=O)(=O)N5CC(C)OC(C)C5)cc4)CC3)nc12. The average Bonchev–Trinajstić information content (AvgIpc) is 3.32. The van der Waals surface area contributed by atoms with Gasteiger partial charge in [0.15, 0.2) is 5.13 Å². The molecular weight excluding hydrogens is 500 g/mol. The number of fused-ring (bicyclic) bond motifs is 1. The van der Waals surface area contributed by atoms with Crippen LogP contribution in [0.3, 0.4) is 0 Å². The highest BCUT2D eigenvalue weighted by Gasteiger charge is 2.32. The van der Waals surface area contributed by atoms with Gasteiger partial charge >= 0.3 is 0 Å². The van der Waals surface area contributed by atoms with Crippen LogP contribution >= 0.6 is 11.3 Å². The maximum absolute atomic E-state index is 13.1. The van der Waals surface area contributed by atoms with E-state index in [-0.39, 0.29) is 23.0 Å². The van der Waals surface area contributed by atoms with Gasteiger partial charge in [-0.3, -0.25) is 4.79 Å². The van der Waals surface area contributed by atoms with E-state index in [1.54, 1.807) is 35.5 Å². The number of aromatic nitrogens is 1. The van der Waals surface area contributed by atoms with Gasteiger partial charge in [-0.15, -0.1) is 0 Å². The van der Waals surface area contributed by atoms with Crippen LogP contribution in [0, 0.1) is 0 Å². The van der Waals surface area contributed by atoms with Gasteiger partial charge in [0.05, 0.1) is 28.9 Å². The molecule has 36 heavy (non-hydrogen) atoms. The fourth-order valence-electron chi connectivity index (χ4n) is 4.74. The van der Waals surface area contributed by atoms with Gasteiger partial charge < -0.3 is 19.3 Å². The van der Waals surface area contributed by atoms with Gasteiger partial charge in [-0.05, 0) is 50.2 Å². The highest BCUT2D eigenvalue weighted by molar-refractivity contribution is 7.89. The molecular formula is C25H30N4O5S2. The van der Waals surface area contributed by atoms with Gasteiger partial charge in [0.1, 0.15) is 11.3 Å². The first-order valence-electron chi connectivity index (χ1n) is 12.0. The number of ether oxygens (including phenoxy) is 2. The maximum atomic E-state index is 13.1. The van der Waals surface area contributed by atoms with Crippen LogP contribution in [-0.2, 0) is 14.8 Å². The quantitative estimate of drug-likeness (QED) is 0.501. The monoisotopic (exact) mass is 530 g/mol. The molecule has 2 atom stereocenters. The molecule has 2 fully saturated rings. The zero-order valence-corrected chi connectivity index (χ0v) is 22.2. The minimum absolute atomic E-state index is 0.0989. The predicted molar refractivity (Wildman–Crippen MR) is 139 cm³/mol. The van der Waals surface area contributed by atoms with E-state index in [0.717, 1.165) is 21.1 Å². The number of sulfonamides is 1. The number of anilines is 1. The molecule has 0 N–H and O–H groups in total. The van der Waals surface area contributed by atoms with E-state index in [4.69, 9.17) is 14.5 Å². The molecule has 0 aliphatic carbocycles. The summed E-state index contributed by atoms with van der Waals surface area (Å²) >= 11 is 1.62. The number of hydrogen-bond donors (Lipinski definition) is 0. The second-order valence-electron chi connectivity index (χ2n) is 9.19. The largest absolute Gasteiger partial charge is 0.494 e. The van der Waals surface area contributed by atoms with E-state index in [1.807, 2.05) is 32.0 Å². The molecule has 2 saturated heterocycles. The van der Waals surface area contributed by atoms with E-state index in [2.05, 4.69) is 4.90 Å². The molecule has 2 aliphatic heterocycles. The number of rotatable bonds is 5. The Morgan fingerprint density at radius 3 is 2.33 bits per heavy atom. The van der Waals surface area contributed by atoms with Crippen molar-refractivity contribution in [3.05, 3.63) is 48.0 Å². The van der Waals surface area contributed by atoms with E-state index >= 15 is 0 Å². The number of piperazine rings is 1. The topological polar surface area (TPSA) is 92.3 Å². The smallest absolute Gasteiger partial charge is 0.253 e. The van der Waals surface area contributed by atoms with Crippen molar-refractivity contribution < 1.29 is 22.7 Å². The van der Waals surface area contributed by atoms with Gasteiger partial charge in [-0.25, -0.2) is 13.4 Å². The Morgan fingerprint density at radius 1 is 1.03 bits per heavy atom. The third-order valence-electron chi connectivity index (χ3n) is 6.55. The molecule has 0 saturated carbocycles. The second kappa shape index (κ2) is 9.97. The maximum Gasteiger partial charge on any atom is 0.253 e. The summed E-state index contributed by atoms with van der Waals surface area (Å²) in [5.41, 5.74) is 1.34. The number of hydrogen-bond acceptors (Lipinski definition) is 8. The summed E-state index contributed by atoms with van der Waals surface area (Å²) in [6.45, 7) is 6.85. The van der Waals surface area contributed by atoms with Crippen molar-refractivity contribution in [3.8, 4) is 5.75 Å². The lowest BCUT2D eigenvalue weighted by molar-refractivity contribution is -0.0440. The summed E-state index contributed by atoms with van der Waals surface area (Å²) in [7, 11) is -2.00. The molecule has 1 aromatic heterocycles. The van der Waals surface area contributed by atoms with Crippen molar-refractivity contribution in [2.45, 2.75) is 31.0 Å². The molecule has 0 spiro atoms. The van der Waals surface area contributed by atoms with Crippen LogP contribution in [0.5, 0.6) is 5.75 Å². The molecule has 192 valence electrons. The molecule has 11 heteroatoms. The molecule has 3 heterocycles. The molecule has 0 bridgehead atoms. The van der Waals surface area contributed by atoms with Crippen LogP contribution in [0.15, 0.2) is 47.4 Å². The minimum Gasteiger partial charge on any atom is -0.494 e. The zero-order chi connectivity index (χ0) is 25.4. The number of thiazole rings is 1. The number of para-hydroxylation sites is 1. The Balaban J connectivity index is 1.23. The standard InChI is InChI=1S/C25H30N4O5S2/c1-17-15-29(16-18(2)34-17)36(31,32)20-9-7-19(8-10-20)24(30)27-11-13-28(14-12-27)25-26-23-21(33-3)5-4-6-22(23)35-25/h4-10,17-18H,11-16H2,1-3H3. The lowest BCUT2D eigenvalue weighted by atomic mass is 10.2. The molecule has 2 aliphatic rings. The first-order chi connectivity index (χ1) is 17.3. The first-order valence-corrected chi connectivity index (χ1v) is 14.3. The molecule has 3 aromatic rings. The molecule has 0 radical (unpaired) electrons. The van der Waals surface area contributed by atoms with Gasteiger partial charge in [0.25, 0.3) is 5.91 Å². The van der Waals surface area contributed by atoms with Crippen LogP contribution < -0.4 is 9.64 Å². The third-order valence-corrected chi connectivity index (χ3v) is 9.48. The number of methoxy groups -OCH3 is 1. The van der Waals surface area contributed by atoms with E-state index in [0.29, 0.717) is 44.8 Å². The van der Waals surface area contributed by atoms with E-state index in [9.17, 15) is 13.2 Å². The Bertz CT molecular complexity index is 1340. The molecule has 5 rings (SSSR count). The van der Waals surface area contributed by atoms with E-state index < -0.39 is 10.0 Å². The predicted octanol–water partition coefficient (Wildman–Crippen LogP) is 3.07. The summed E-state index contributed by atoms with van der Waals surface area (Å²) < 4.78 is 39.8. The Labute approximate surface area is 215 Å². The Morgan fingerprint density at radius 2 is 1.69 bits per heavy atom. The number of carbonyl (C=O) groups is 1. The molecule has 2 aromatic carbocycles. The van der Waals surface area contributed by atoms with Crippen molar-refractivity contribution >= 4 is 42.6 Å². The summed E-state index contributed by atoms with van der Waals surface area (Å²) in [4.78, 5) is 22.1. The van der Waals surface area contributed by atoms with Gasteiger partial charge in [-0.1, -0.05) is 17.4 Å². The number of amides is 1. The first kappa shape index (κ1) is 24.9. The van der Waals surface area contributed by atoms with Crippen molar-refractivity contribution in [3.63, 3.8) is 0 Å². The van der Waals surface area contributed by atoms with Crippen LogP contribution in [0.1, 0.15) is 24.2 Å². The fourth-order valence-corrected chi connectivity index (χ4v) is 7.37.